The van der Waals surface area contributed by atoms with Crippen molar-refractivity contribution in [1.29, 1.82) is 0 Å². The van der Waals surface area contributed by atoms with Gasteiger partial charge in [-0.1, -0.05) is 48.6 Å². The van der Waals surface area contributed by atoms with E-state index >= 15 is 0 Å². The second-order valence-corrected chi connectivity index (χ2v) is 6.58. The topological polar surface area (TPSA) is 59.8 Å². The SMILES string of the molecule is CCc1c(C(=O)Nc2nc3ccccc3s2)cnn1-c1ccccc1. The third-order valence-corrected chi connectivity index (χ3v) is 4.92. The predicted molar refractivity (Wildman–Crippen MR) is 101 cm³/mol. The highest BCUT2D eigenvalue weighted by molar-refractivity contribution is 7.22. The minimum atomic E-state index is -0.182. The van der Waals surface area contributed by atoms with Crippen molar-refractivity contribution in [3.05, 3.63) is 72.1 Å². The molecule has 0 unspecified atom stereocenters. The van der Waals surface area contributed by atoms with Gasteiger partial charge in [-0.15, -0.1) is 0 Å². The summed E-state index contributed by atoms with van der Waals surface area (Å²) < 4.78 is 2.86. The van der Waals surface area contributed by atoms with Crippen molar-refractivity contribution in [2.75, 3.05) is 5.32 Å². The summed E-state index contributed by atoms with van der Waals surface area (Å²) in [5, 5.41) is 7.90. The maximum atomic E-state index is 12.7. The molecule has 1 amide bonds. The van der Waals surface area contributed by atoms with Crippen LogP contribution < -0.4 is 5.32 Å². The first-order chi connectivity index (χ1) is 12.3. The lowest BCUT2D eigenvalue weighted by Crippen LogP contribution is -2.14. The van der Waals surface area contributed by atoms with Crippen LogP contribution in [0, 0.1) is 0 Å². The molecule has 0 radical (unpaired) electrons. The van der Waals surface area contributed by atoms with Gasteiger partial charge in [-0.3, -0.25) is 10.1 Å². The summed E-state index contributed by atoms with van der Waals surface area (Å²) in [6, 6.07) is 17.6. The molecule has 124 valence electrons. The second-order valence-electron chi connectivity index (χ2n) is 5.55. The number of nitrogens with zero attached hydrogens (tertiary/aromatic N) is 3. The molecule has 1 N–H and O–H groups in total. The lowest BCUT2D eigenvalue weighted by molar-refractivity contribution is 0.102. The number of nitrogens with one attached hydrogen (secondary N) is 1. The fourth-order valence-electron chi connectivity index (χ4n) is 2.79. The highest BCUT2D eigenvalue weighted by atomic mass is 32.1. The fraction of sp³-hybridized carbons (Fsp3) is 0.105. The first-order valence-corrected chi connectivity index (χ1v) is 8.87. The molecule has 0 bridgehead atoms. The molecule has 2 aromatic carbocycles. The maximum absolute atomic E-state index is 12.7. The van der Waals surface area contributed by atoms with Gasteiger partial charge in [-0.2, -0.15) is 5.10 Å². The number of anilines is 1. The van der Waals surface area contributed by atoms with Crippen LogP contribution in [0.15, 0.2) is 60.8 Å². The number of hydrogen-bond acceptors (Lipinski definition) is 4. The van der Waals surface area contributed by atoms with Gasteiger partial charge in [-0.05, 0) is 30.7 Å². The first kappa shape index (κ1) is 15.5. The van der Waals surface area contributed by atoms with Crippen LogP contribution in [0.2, 0.25) is 0 Å². The van der Waals surface area contributed by atoms with Crippen LogP contribution in [-0.4, -0.2) is 20.7 Å². The maximum Gasteiger partial charge on any atom is 0.260 e. The molecule has 5 nitrogen and oxygen atoms in total. The van der Waals surface area contributed by atoms with Gasteiger partial charge in [0, 0.05) is 0 Å². The van der Waals surface area contributed by atoms with E-state index in [0.29, 0.717) is 17.1 Å². The Kier molecular flexibility index (Phi) is 4.03. The lowest BCUT2D eigenvalue weighted by atomic mass is 10.2. The van der Waals surface area contributed by atoms with E-state index in [1.165, 1.54) is 11.3 Å². The number of fused-ring (bicyclic) bond motifs is 1. The molecule has 2 aromatic heterocycles. The molecule has 0 saturated carbocycles. The molecule has 0 aliphatic rings. The van der Waals surface area contributed by atoms with Crippen molar-refractivity contribution in [2.24, 2.45) is 0 Å². The van der Waals surface area contributed by atoms with Gasteiger partial charge in [0.1, 0.15) is 0 Å². The smallest absolute Gasteiger partial charge is 0.260 e. The van der Waals surface area contributed by atoms with Crippen molar-refractivity contribution in [3.8, 4) is 5.69 Å². The molecule has 0 atom stereocenters. The number of hydrogen-bond donors (Lipinski definition) is 1. The van der Waals surface area contributed by atoms with Crippen LogP contribution in [0.4, 0.5) is 5.13 Å². The Balaban J connectivity index is 1.65. The molecule has 6 heteroatoms. The monoisotopic (exact) mass is 348 g/mol. The van der Waals surface area contributed by atoms with Gasteiger partial charge in [0.2, 0.25) is 0 Å². The van der Waals surface area contributed by atoms with Crippen LogP contribution in [0.5, 0.6) is 0 Å². The van der Waals surface area contributed by atoms with E-state index in [9.17, 15) is 4.79 Å². The van der Waals surface area contributed by atoms with Crippen LogP contribution in [-0.2, 0) is 6.42 Å². The summed E-state index contributed by atoms with van der Waals surface area (Å²) in [5.41, 5.74) is 3.28. The van der Waals surface area contributed by atoms with E-state index in [2.05, 4.69) is 15.4 Å². The van der Waals surface area contributed by atoms with Gasteiger partial charge in [0.15, 0.2) is 5.13 Å². The van der Waals surface area contributed by atoms with Crippen molar-refractivity contribution in [3.63, 3.8) is 0 Å². The highest BCUT2D eigenvalue weighted by Crippen LogP contribution is 2.26. The molecule has 0 fully saturated rings. The molecule has 0 aliphatic heterocycles. The zero-order valence-corrected chi connectivity index (χ0v) is 14.5. The van der Waals surface area contributed by atoms with Gasteiger partial charge >= 0.3 is 0 Å². The van der Waals surface area contributed by atoms with Crippen LogP contribution in [0.25, 0.3) is 15.9 Å². The van der Waals surface area contributed by atoms with E-state index in [-0.39, 0.29) is 5.91 Å². The molecule has 0 spiro atoms. The fourth-order valence-corrected chi connectivity index (χ4v) is 3.65. The summed E-state index contributed by atoms with van der Waals surface area (Å²) in [6.07, 6.45) is 2.33. The minimum Gasteiger partial charge on any atom is -0.298 e. The average molecular weight is 348 g/mol. The predicted octanol–water partition coefficient (Wildman–Crippen LogP) is 4.30. The molecule has 0 aliphatic carbocycles. The largest absolute Gasteiger partial charge is 0.298 e. The summed E-state index contributed by atoms with van der Waals surface area (Å²) in [5.74, 6) is -0.182. The van der Waals surface area contributed by atoms with Gasteiger partial charge in [0.05, 0.1) is 33.4 Å². The van der Waals surface area contributed by atoms with Crippen molar-refractivity contribution < 1.29 is 4.79 Å². The molecular formula is C19H16N4OS. The number of para-hydroxylation sites is 2. The van der Waals surface area contributed by atoms with Gasteiger partial charge in [-0.25, -0.2) is 9.67 Å². The summed E-state index contributed by atoms with van der Waals surface area (Å²) >= 11 is 1.47. The number of rotatable bonds is 4. The van der Waals surface area contributed by atoms with Gasteiger partial charge < -0.3 is 0 Å². The molecular weight excluding hydrogens is 332 g/mol. The van der Waals surface area contributed by atoms with E-state index in [1.807, 2.05) is 66.2 Å². The normalized spacial score (nSPS) is 10.9. The average Bonchev–Trinajstić information content (AvgIpc) is 3.25. The Hall–Kier alpha value is -2.99. The number of carbonyl (C=O) groups is 1. The number of amides is 1. The molecule has 25 heavy (non-hydrogen) atoms. The van der Waals surface area contributed by atoms with Crippen LogP contribution >= 0.6 is 11.3 Å². The zero-order chi connectivity index (χ0) is 17.2. The Morgan fingerprint density at radius 1 is 1.12 bits per heavy atom. The third kappa shape index (κ3) is 2.92. The number of thiazole rings is 1. The molecule has 4 aromatic rings. The molecule has 2 heterocycles. The Labute approximate surface area is 149 Å². The van der Waals surface area contributed by atoms with Crippen molar-refractivity contribution in [2.45, 2.75) is 13.3 Å². The number of benzene rings is 2. The van der Waals surface area contributed by atoms with Crippen molar-refractivity contribution in [1.82, 2.24) is 14.8 Å². The Morgan fingerprint density at radius 2 is 1.88 bits per heavy atom. The summed E-state index contributed by atoms with van der Waals surface area (Å²) in [4.78, 5) is 17.2. The van der Waals surface area contributed by atoms with Crippen LogP contribution in [0.1, 0.15) is 23.0 Å². The summed E-state index contributed by atoms with van der Waals surface area (Å²) in [7, 11) is 0. The van der Waals surface area contributed by atoms with Crippen molar-refractivity contribution >= 4 is 32.6 Å². The Morgan fingerprint density at radius 3 is 2.64 bits per heavy atom. The third-order valence-electron chi connectivity index (χ3n) is 3.96. The van der Waals surface area contributed by atoms with E-state index < -0.39 is 0 Å². The second kappa shape index (κ2) is 6.49. The standard InChI is InChI=1S/C19H16N4OS/c1-2-16-14(12-20-23(16)13-8-4-3-5-9-13)18(24)22-19-21-15-10-6-7-11-17(15)25-19/h3-12H,2H2,1H3,(H,21,22,24). The minimum absolute atomic E-state index is 0.182. The first-order valence-electron chi connectivity index (χ1n) is 8.05. The molecule has 0 saturated heterocycles. The van der Waals surface area contributed by atoms with Gasteiger partial charge in [0.25, 0.3) is 5.91 Å². The lowest BCUT2D eigenvalue weighted by Gasteiger charge is -2.07. The number of aromatic nitrogens is 3. The van der Waals surface area contributed by atoms with E-state index in [1.54, 1.807) is 6.20 Å². The Bertz CT molecular complexity index is 1000. The quantitative estimate of drug-likeness (QED) is 0.598. The highest BCUT2D eigenvalue weighted by Gasteiger charge is 2.18. The van der Waals surface area contributed by atoms with E-state index in [4.69, 9.17) is 0 Å². The van der Waals surface area contributed by atoms with Crippen LogP contribution in [0.3, 0.4) is 0 Å². The summed E-state index contributed by atoms with van der Waals surface area (Å²) in [6.45, 7) is 2.02. The van der Waals surface area contributed by atoms with E-state index in [0.717, 1.165) is 21.6 Å². The zero-order valence-electron chi connectivity index (χ0n) is 13.6. The number of carbonyl (C=O) groups excluding carboxylic acids is 1. The molecule has 4 rings (SSSR count).